The molecule has 0 radical (unpaired) electrons. The highest BCUT2D eigenvalue weighted by molar-refractivity contribution is 4.85. The van der Waals surface area contributed by atoms with E-state index in [-0.39, 0.29) is 11.8 Å². The molecule has 5 nitrogen and oxygen atoms in total. The maximum atomic E-state index is 5.73. The summed E-state index contributed by atoms with van der Waals surface area (Å²) in [6, 6.07) is 0. The van der Waals surface area contributed by atoms with Gasteiger partial charge in [0.05, 0.1) is 6.61 Å². The van der Waals surface area contributed by atoms with E-state index in [1.165, 1.54) is 0 Å². The van der Waals surface area contributed by atoms with E-state index in [0.717, 1.165) is 6.54 Å². The number of hydrogen-bond donors (Lipinski definition) is 2. The van der Waals surface area contributed by atoms with Gasteiger partial charge in [-0.3, -0.25) is 0 Å². The summed E-state index contributed by atoms with van der Waals surface area (Å²) in [4.78, 5) is 0. The van der Waals surface area contributed by atoms with Crippen molar-refractivity contribution < 1.29 is 14.2 Å². The number of nitrogens with two attached hydrogens (primary N) is 1. The molecule has 0 bridgehead atoms. The van der Waals surface area contributed by atoms with Gasteiger partial charge >= 0.3 is 0 Å². The smallest absolute Gasteiger partial charge is 0.158 e. The second-order valence-electron chi connectivity index (χ2n) is 3.79. The summed E-state index contributed by atoms with van der Waals surface area (Å²) < 4.78 is 15.3. The molecule has 0 rings (SSSR count). The molecule has 1 atom stereocenters. The Hall–Kier alpha value is -0.200. The van der Waals surface area contributed by atoms with Crippen molar-refractivity contribution in [1.29, 1.82) is 0 Å². The molecule has 0 aliphatic carbocycles. The first kappa shape index (κ1) is 14.8. The molecule has 0 saturated carbocycles. The number of nitrogens with one attached hydrogen (secondary N) is 1. The highest BCUT2D eigenvalue weighted by Crippen LogP contribution is 2.13. The Morgan fingerprint density at radius 3 is 2.27 bits per heavy atom. The SMILES string of the molecule is COCCNC(C)(CN)CC(OC)OC. The molecule has 1 unspecified atom stereocenters. The van der Waals surface area contributed by atoms with Gasteiger partial charge in [-0.2, -0.15) is 0 Å². The Balaban J connectivity index is 4.04. The van der Waals surface area contributed by atoms with Crippen LogP contribution in [0.25, 0.3) is 0 Å². The molecule has 3 N–H and O–H groups in total. The first-order valence-corrected chi connectivity index (χ1v) is 5.11. The summed E-state index contributed by atoms with van der Waals surface area (Å²) in [5, 5.41) is 3.34. The van der Waals surface area contributed by atoms with Crippen molar-refractivity contribution in [3.8, 4) is 0 Å². The standard InChI is InChI=1S/C10H24N2O3/c1-10(8-11,12-5-6-13-2)7-9(14-3)15-4/h9,12H,5-8,11H2,1-4H3. The lowest BCUT2D eigenvalue weighted by Crippen LogP contribution is -2.52. The van der Waals surface area contributed by atoms with E-state index in [9.17, 15) is 0 Å². The van der Waals surface area contributed by atoms with Crippen LogP contribution in [0, 0.1) is 0 Å². The summed E-state index contributed by atoms with van der Waals surface area (Å²) in [6.07, 6.45) is 0.480. The summed E-state index contributed by atoms with van der Waals surface area (Å²) >= 11 is 0. The van der Waals surface area contributed by atoms with Crippen LogP contribution in [-0.2, 0) is 14.2 Å². The van der Waals surface area contributed by atoms with Gasteiger partial charge in [-0.1, -0.05) is 0 Å². The average Bonchev–Trinajstić information content (AvgIpc) is 2.26. The van der Waals surface area contributed by atoms with Gasteiger partial charge in [0.2, 0.25) is 0 Å². The van der Waals surface area contributed by atoms with Gasteiger partial charge in [-0.05, 0) is 6.92 Å². The molecule has 15 heavy (non-hydrogen) atoms. The van der Waals surface area contributed by atoms with Crippen molar-refractivity contribution >= 4 is 0 Å². The summed E-state index contributed by atoms with van der Waals surface area (Å²) in [5.74, 6) is 0. The quantitative estimate of drug-likeness (QED) is 0.421. The highest BCUT2D eigenvalue weighted by Gasteiger charge is 2.26. The van der Waals surface area contributed by atoms with E-state index in [1.54, 1.807) is 21.3 Å². The predicted molar refractivity (Wildman–Crippen MR) is 59.8 cm³/mol. The molecule has 92 valence electrons. The second kappa shape index (κ2) is 8.01. The molecule has 0 aliphatic rings. The molecular weight excluding hydrogens is 196 g/mol. The van der Waals surface area contributed by atoms with Crippen molar-refractivity contribution in [2.45, 2.75) is 25.2 Å². The van der Waals surface area contributed by atoms with Gasteiger partial charge in [-0.15, -0.1) is 0 Å². The maximum absolute atomic E-state index is 5.73. The first-order chi connectivity index (χ1) is 7.11. The van der Waals surface area contributed by atoms with Crippen LogP contribution in [0.1, 0.15) is 13.3 Å². The van der Waals surface area contributed by atoms with E-state index in [2.05, 4.69) is 5.32 Å². The summed E-state index contributed by atoms with van der Waals surface area (Å²) in [5.41, 5.74) is 5.55. The van der Waals surface area contributed by atoms with E-state index >= 15 is 0 Å². The largest absolute Gasteiger partial charge is 0.383 e. The van der Waals surface area contributed by atoms with Crippen molar-refractivity contribution in [1.82, 2.24) is 5.32 Å². The predicted octanol–water partition coefficient (Wildman–Crippen LogP) is -0.0512. The van der Waals surface area contributed by atoms with Crippen molar-refractivity contribution in [3.05, 3.63) is 0 Å². The van der Waals surface area contributed by atoms with E-state index in [0.29, 0.717) is 19.6 Å². The molecule has 0 aromatic carbocycles. The van der Waals surface area contributed by atoms with Gasteiger partial charge in [-0.25, -0.2) is 0 Å². The zero-order chi connectivity index (χ0) is 11.7. The van der Waals surface area contributed by atoms with Crippen LogP contribution in [0.3, 0.4) is 0 Å². The second-order valence-corrected chi connectivity index (χ2v) is 3.79. The number of ether oxygens (including phenoxy) is 3. The van der Waals surface area contributed by atoms with E-state index in [4.69, 9.17) is 19.9 Å². The fraction of sp³-hybridized carbons (Fsp3) is 1.00. The molecule has 0 fully saturated rings. The van der Waals surface area contributed by atoms with Crippen molar-refractivity contribution in [3.63, 3.8) is 0 Å². The summed E-state index contributed by atoms with van der Waals surface area (Å²) in [6.45, 7) is 4.01. The van der Waals surface area contributed by atoms with Crippen molar-refractivity contribution in [2.24, 2.45) is 5.73 Å². The highest BCUT2D eigenvalue weighted by atomic mass is 16.7. The molecule has 0 aromatic rings. The van der Waals surface area contributed by atoms with Crippen LogP contribution in [-0.4, -0.2) is 52.9 Å². The number of hydrogen-bond acceptors (Lipinski definition) is 5. The number of methoxy groups -OCH3 is 3. The minimum absolute atomic E-state index is 0.185. The molecule has 5 heteroatoms. The third kappa shape index (κ3) is 6.06. The monoisotopic (exact) mass is 220 g/mol. The van der Waals surface area contributed by atoms with Crippen molar-refractivity contribution in [2.75, 3.05) is 41.0 Å². The molecule has 0 amide bonds. The third-order valence-electron chi connectivity index (χ3n) is 2.45. The van der Waals surface area contributed by atoms with E-state index in [1.807, 2.05) is 6.92 Å². The van der Waals surface area contributed by atoms with Gasteiger partial charge < -0.3 is 25.3 Å². The molecule has 0 heterocycles. The minimum atomic E-state index is -0.228. The lowest BCUT2D eigenvalue weighted by molar-refractivity contribution is -0.117. The first-order valence-electron chi connectivity index (χ1n) is 5.11. The van der Waals surface area contributed by atoms with Crippen LogP contribution < -0.4 is 11.1 Å². The van der Waals surface area contributed by atoms with Crippen LogP contribution in [0.2, 0.25) is 0 Å². The normalized spacial score (nSPS) is 15.6. The van der Waals surface area contributed by atoms with Gasteiger partial charge in [0.15, 0.2) is 6.29 Å². The fourth-order valence-corrected chi connectivity index (χ4v) is 1.31. The van der Waals surface area contributed by atoms with Crippen LogP contribution in [0.4, 0.5) is 0 Å². The molecular formula is C10H24N2O3. The Morgan fingerprint density at radius 1 is 1.27 bits per heavy atom. The van der Waals surface area contributed by atoms with E-state index < -0.39 is 0 Å². The topological polar surface area (TPSA) is 65.7 Å². The Kier molecular flexibility index (Phi) is 7.90. The number of rotatable bonds is 9. The zero-order valence-electron chi connectivity index (χ0n) is 10.2. The van der Waals surface area contributed by atoms with Gasteiger partial charge in [0.25, 0.3) is 0 Å². The molecule has 0 aliphatic heterocycles. The zero-order valence-corrected chi connectivity index (χ0v) is 10.2. The Labute approximate surface area is 92.3 Å². The minimum Gasteiger partial charge on any atom is -0.383 e. The van der Waals surface area contributed by atoms with Gasteiger partial charge in [0, 0.05) is 46.4 Å². The molecule has 0 aromatic heterocycles. The lowest BCUT2D eigenvalue weighted by atomic mass is 9.97. The lowest BCUT2D eigenvalue weighted by Gasteiger charge is -2.32. The Morgan fingerprint density at radius 2 is 1.87 bits per heavy atom. The van der Waals surface area contributed by atoms with Crippen LogP contribution >= 0.6 is 0 Å². The van der Waals surface area contributed by atoms with Gasteiger partial charge in [0.1, 0.15) is 0 Å². The third-order valence-corrected chi connectivity index (χ3v) is 2.45. The average molecular weight is 220 g/mol. The Bertz CT molecular complexity index is 154. The molecule has 0 spiro atoms. The molecule has 0 saturated heterocycles. The van der Waals surface area contributed by atoms with Crippen LogP contribution in [0.15, 0.2) is 0 Å². The van der Waals surface area contributed by atoms with Crippen LogP contribution in [0.5, 0.6) is 0 Å². The fourth-order valence-electron chi connectivity index (χ4n) is 1.31. The summed E-state index contributed by atoms with van der Waals surface area (Å²) in [7, 11) is 4.93. The maximum Gasteiger partial charge on any atom is 0.158 e.